The summed E-state index contributed by atoms with van der Waals surface area (Å²) in [7, 11) is -2.27. The van der Waals surface area contributed by atoms with Crippen molar-refractivity contribution < 1.29 is 22.7 Å². The molecule has 1 saturated carbocycles. The first kappa shape index (κ1) is 20.7. The average Bonchev–Trinajstić information content (AvgIpc) is 3.46. The summed E-state index contributed by atoms with van der Waals surface area (Å²) in [5.41, 5.74) is 2.00. The van der Waals surface area contributed by atoms with Gasteiger partial charge in [0.05, 0.1) is 28.2 Å². The number of methoxy groups -OCH3 is 1. The number of hydrogen-bond acceptors (Lipinski definition) is 7. The molecule has 1 saturated heterocycles. The summed E-state index contributed by atoms with van der Waals surface area (Å²) in [6.45, 7) is 0. The van der Waals surface area contributed by atoms with Crippen LogP contribution in [0.25, 0.3) is 5.57 Å². The van der Waals surface area contributed by atoms with E-state index in [1.165, 1.54) is 31.4 Å². The largest absolute Gasteiger partial charge is 0.497 e. The number of fused-ring (bicyclic) bond motifs is 1. The predicted molar refractivity (Wildman–Crippen MR) is 121 cm³/mol. The average molecular weight is 471 g/mol. The lowest BCUT2D eigenvalue weighted by Crippen LogP contribution is -2.31. The fourth-order valence-electron chi connectivity index (χ4n) is 3.59. The number of carbonyl (C=O) groups excluding carboxylic acids is 2. The second-order valence-corrected chi connectivity index (χ2v) is 10.1. The number of carbonyl (C=O) groups is 2. The van der Waals surface area contributed by atoms with Crippen molar-refractivity contribution >= 4 is 55.7 Å². The summed E-state index contributed by atoms with van der Waals surface area (Å²) < 4.78 is 28.2. The number of nitrogens with two attached hydrogens (primary N) is 1. The first-order valence-electron chi connectivity index (χ1n) is 9.73. The summed E-state index contributed by atoms with van der Waals surface area (Å²) in [5.74, 6) is -0.0338. The smallest absolute Gasteiger partial charge is 0.267 e. The monoisotopic (exact) mass is 470 g/mol. The van der Waals surface area contributed by atoms with Crippen molar-refractivity contribution in [2.75, 3.05) is 12.4 Å². The fraction of sp³-hybridized carbons (Fsp3) is 0.190. The molecule has 2 aromatic rings. The Morgan fingerprint density at radius 1 is 1.16 bits per heavy atom. The van der Waals surface area contributed by atoms with Crippen LogP contribution in [0.5, 0.6) is 5.75 Å². The number of benzene rings is 2. The second-order valence-electron chi connectivity index (χ2n) is 7.51. The number of nitrogens with zero attached hydrogens (tertiary/aromatic N) is 2. The van der Waals surface area contributed by atoms with Crippen LogP contribution in [0.1, 0.15) is 18.4 Å². The maximum absolute atomic E-state index is 13.3. The second kappa shape index (κ2) is 7.47. The zero-order chi connectivity index (χ0) is 22.6. The Hall–Kier alpha value is -3.15. The van der Waals surface area contributed by atoms with Crippen LogP contribution in [-0.4, -0.2) is 43.5 Å². The highest BCUT2D eigenvalue weighted by atomic mass is 32.2. The summed E-state index contributed by atoms with van der Waals surface area (Å²) >= 11 is 1.14. The molecule has 9 nitrogen and oxygen atoms in total. The van der Waals surface area contributed by atoms with Crippen molar-refractivity contribution in [2.45, 2.75) is 23.8 Å². The number of nitrogens with one attached hydrogen (secondary N) is 1. The summed E-state index contributed by atoms with van der Waals surface area (Å²) in [6, 6.07) is 11.0. The van der Waals surface area contributed by atoms with Crippen LogP contribution < -0.4 is 15.2 Å². The van der Waals surface area contributed by atoms with E-state index in [-0.39, 0.29) is 22.8 Å². The first-order valence-corrected chi connectivity index (χ1v) is 12.1. The van der Waals surface area contributed by atoms with Crippen LogP contribution in [0.15, 0.2) is 57.3 Å². The number of anilines is 1. The van der Waals surface area contributed by atoms with Gasteiger partial charge in [-0.2, -0.15) is 0 Å². The Balaban J connectivity index is 1.57. The normalized spacial score (nSPS) is 21.8. The molecule has 0 bridgehead atoms. The number of amidine groups is 1. The highest BCUT2D eigenvalue weighted by Gasteiger charge is 2.46. The van der Waals surface area contributed by atoms with Gasteiger partial charge in [0.15, 0.2) is 5.17 Å². The van der Waals surface area contributed by atoms with Gasteiger partial charge in [-0.3, -0.25) is 14.5 Å². The molecule has 5 rings (SSSR count). The summed E-state index contributed by atoms with van der Waals surface area (Å²) in [6.07, 6.45) is 1.71. The number of thioether (sulfide) groups is 1. The van der Waals surface area contributed by atoms with Crippen molar-refractivity contribution in [1.29, 1.82) is 0 Å². The Morgan fingerprint density at radius 2 is 1.88 bits per heavy atom. The zero-order valence-corrected chi connectivity index (χ0v) is 18.5. The van der Waals surface area contributed by atoms with Crippen LogP contribution in [0, 0.1) is 0 Å². The maximum Gasteiger partial charge on any atom is 0.267 e. The van der Waals surface area contributed by atoms with Crippen LogP contribution >= 0.6 is 11.8 Å². The van der Waals surface area contributed by atoms with Crippen LogP contribution in [-0.2, 0) is 19.6 Å². The molecule has 0 spiro atoms. The fourth-order valence-corrected chi connectivity index (χ4v) is 5.26. The zero-order valence-electron chi connectivity index (χ0n) is 16.9. The van der Waals surface area contributed by atoms with E-state index in [1.807, 2.05) is 0 Å². The van der Waals surface area contributed by atoms with Crippen LogP contribution in [0.2, 0.25) is 0 Å². The molecule has 0 radical (unpaired) electrons. The van der Waals surface area contributed by atoms with Gasteiger partial charge < -0.3 is 10.1 Å². The third-order valence-electron chi connectivity index (χ3n) is 5.31. The standard InChI is InChI=1S/C21H18N4O5S2/c1-30-13-6-9-16-15(10-13)17(19(26)24-16)18-20(27)25(12-4-5-12)21(31-18)23-11-2-7-14(8-3-11)32(22,28)29/h2-3,6-10,12H,4-5H2,1H3,(H,24,26)(H2,22,28,29)/b18-17-,23-21-. The number of aliphatic imine (C=N–C) groups is 1. The molecule has 32 heavy (non-hydrogen) atoms. The maximum atomic E-state index is 13.3. The molecule has 2 amide bonds. The molecule has 2 aliphatic heterocycles. The molecule has 164 valence electrons. The molecule has 0 atom stereocenters. The number of primary sulfonamides is 1. The number of hydrogen-bond donors (Lipinski definition) is 2. The van der Waals surface area contributed by atoms with Gasteiger partial charge in [-0.25, -0.2) is 18.5 Å². The Labute approximate surface area is 188 Å². The van der Waals surface area contributed by atoms with Crippen molar-refractivity contribution in [3.8, 4) is 5.75 Å². The lowest BCUT2D eigenvalue weighted by atomic mass is 10.1. The van der Waals surface area contributed by atoms with Gasteiger partial charge in [0, 0.05) is 17.3 Å². The van der Waals surface area contributed by atoms with E-state index in [0.29, 0.717) is 38.3 Å². The summed E-state index contributed by atoms with van der Waals surface area (Å²) in [4.78, 5) is 32.6. The molecule has 0 aromatic heterocycles. The molecule has 2 aromatic carbocycles. The molecular formula is C21H18N4O5S2. The van der Waals surface area contributed by atoms with Crippen LogP contribution in [0.3, 0.4) is 0 Å². The van der Waals surface area contributed by atoms with Gasteiger partial charge in [-0.1, -0.05) is 0 Å². The van der Waals surface area contributed by atoms with E-state index in [9.17, 15) is 18.0 Å². The first-order chi connectivity index (χ1) is 15.3. The minimum atomic E-state index is -3.81. The van der Waals surface area contributed by atoms with Crippen molar-refractivity contribution in [3.63, 3.8) is 0 Å². The molecule has 1 aliphatic carbocycles. The number of ether oxygens (including phenoxy) is 1. The van der Waals surface area contributed by atoms with E-state index >= 15 is 0 Å². The molecule has 2 heterocycles. The molecule has 3 N–H and O–H groups in total. The van der Waals surface area contributed by atoms with Gasteiger partial charge >= 0.3 is 0 Å². The summed E-state index contributed by atoms with van der Waals surface area (Å²) in [5, 5.41) is 8.39. The predicted octanol–water partition coefficient (Wildman–Crippen LogP) is 2.43. The van der Waals surface area contributed by atoms with Gasteiger partial charge in [0.2, 0.25) is 10.0 Å². The molecule has 11 heteroatoms. The highest BCUT2D eigenvalue weighted by molar-refractivity contribution is 8.18. The van der Waals surface area contributed by atoms with Crippen LogP contribution in [0.4, 0.5) is 11.4 Å². The minimum absolute atomic E-state index is 0.0216. The van der Waals surface area contributed by atoms with E-state index in [0.717, 1.165) is 24.6 Å². The van der Waals surface area contributed by atoms with E-state index in [4.69, 9.17) is 9.88 Å². The third-order valence-corrected chi connectivity index (χ3v) is 7.30. The quantitative estimate of drug-likeness (QED) is 0.660. The van der Waals surface area contributed by atoms with Gasteiger partial charge in [0.25, 0.3) is 11.8 Å². The van der Waals surface area contributed by atoms with Crippen molar-refractivity contribution in [2.24, 2.45) is 10.1 Å². The lowest BCUT2D eigenvalue weighted by molar-refractivity contribution is -0.122. The van der Waals surface area contributed by atoms with Crippen molar-refractivity contribution in [3.05, 3.63) is 52.9 Å². The molecule has 2 fully saturated rings. The Morgan fingerprint density at radius 3 is 2.50 bits per heavy atom. The Kier molecular flexibility index (Phi) is 4.84. The van der Waals surface area contributed by atoms with E-state index in [2.05, 4.69) is 10.3 Å². The van der Waals surface area contributed by atoms with Gasteiger partial charge in [-0.05, 0) is 67.1 Å². The molecular weight excluding hydrogens is 452 g/mol. The number of sulfonamides is 1. The van der Waals surface area contributed by atoms with Gasteiger partial charge in [-0.15, -0.1) is 0 Å². The lowest BCUT2D eigenvalue weighted by Gasteiger charge is -2.14. The molecule has 0 unspecified atom stereocenters. The van der Waals surface area contributed by atoms with E-state index < -0.39 is 10.0 Å². The molecule has 3 aliphatic rings. The third kappa shape index (κ3) is 3.57. The number of rotatable bonds is 4. The topological polar surface area (TPSA) is 131 Å². The number of amides is 2. The minimum Gasteiger partial charge on any atom is -0.497 e. The highest BCUT2D eigenvalue weighted by Crippen LogP contribution is 2.46. The SMILES string of the molecule is COc1ccc2c(c1)/C(=C1/S/C(=N\c3ccc(S(N)(=O)=O)cc3)N(C3CC3)C1=O)C(=O)N2. The van der Waals surface area contributed by atoms with Gasteiger partial charge in [0.1, 0.15) is 5.75 Å². The Bertz CT molecular complexity index is 1330. The van der Waals surface area contributed by atoms with Crippen molar-refractivity contribution in [1.82, 2.24) is 4.90 Å². The van der Waals surface area contributed by atoms with E-state index in [1.54, 1.807) is 23.1 Å².